The Morgan fingerprint density at radius 2 is 1.92 bits per heavy atom. The molecule has 0 aliphatic heterocycles. The van der Waals surface area contributed by atoms with Gasteiger partial charge in [-0.25, -0.2) is 0 Å². The van der Waals surface area contributed by atoms with Crippen molar-refractivity contribution in [3.05, 3.63) is 0 Å². The minimum atomic E-state index is -3.27. The van der Waals surface area contributed by atoms with E-state index in [1.54, 1.807) is 0 Å². The van der Waals surface area contributed by atoms with Crippen molar-refractivity contribution in [1.82, 2.24) is 0 Å². The van der Waals surface area contributed by atoms with Crippen LogP contribution in [0.1, 0.15) is 39.0 Å². The van der Waals surface area contributed by atoms with Gasteiger partial charge in [-0.15, -0.1) is 0 Å². The van der Waals surface area contributed by atoms with Crippen LogP contribution in [0, 0.1) is 5.92 Å². The Labute approximate surface area is 80.6 Å². The van der Waals surface area contributed by atoms with Crippen LogP contribution in [0.5, 0.6) is 0 Å². The van der Waals surface area contributed by atoms with Gasteiger partial charge >= 0.3 is 0 Å². The molecule has 0 aromatic heterocycles. The molecule has 78 valence electrons. The maximum absolute atomic E-state index is 10.9. The third-order valence-electron chi connectivity index (χ3n) is 2.66. The van der Waals surface area contributed by atoms with Crippen LogP contribution in [0.3, 0.4) is 0 Å². The third kappa shape index (κ3) is 3.65. The minimum Gasteiger partial charge on any atom is -0.267 e. The Morgan fingerprint density at radius 3 is 2.46 bits per heavy atom. The van der Waals surface area contributed by atoms with E-state index in [-0.39, 0.29) is 6.10 Å². The predicted molar refractivity (Wildman–Crippen MR) is 52.0 cm³/mol. The SMILES string of the molecule is CCC1CCCCC1OS(C)(=O)=O. The van der Waals surface area contributed by atoms with Crippen LogP contribution in [0.25, 0.3) is 0 Å². The fourth-order valence-electron chi connectivity index (χ4n) is 1.99. The highest BCUT2D eigenvalue weighted by Gasteiger charge is 2.27. The van der Waals surface area contributed by atoms with Crippen LogP contribution in [0.4, 0.5) is 0 Å². The highest BCUT2D eigenvalue weighted by Crippen LogP contribution is 2.29. The van der Waals surface area contributed by atoms with Crippen LogP contribution < -0.4 is 0 Å². The van der Waals surface area contributed by atoms with Crippen LogP contribution in [-0.4, -0.2) is 20.8 Å². The van der Waals surface area contributed by atoms with Crippen molar-refractivity contribution in [3.63, 3.8) is 0 Å². The number of hydrogen-bond donors (Lipinski definition) is 0. The fraction of sp³-hybridized carbons (Fsp3) is 1.00. The minimum absolute atomic E-state index is 0.0613. The van der Waals surface area contributed by atoms with Crippen molar-refractivity contribution in [3.8, 4) is 0 Å². The molecule has 0 heterocycles. The first-order valence-electron chi connectivity index (χ1n) is 4.91. The van der Waals surface area contributed by atoms with Crippen molar-refractivity contribution >= 4 is 10.1 Å². The lowest BCUT2D eigenvalue weighted by Gasteiger charge is -2.29. The van der Waals surface area contributed by atoms with Crippen molar-refractivity contribution in [2.45, 2.75) is 45.1 Å². The summed E-state index contributed by atoms with van der Waals surface area (Å²) in [7, 11) is -3.27. The smallest absolute Gasteiger partial charge is 0.264 e. The van der Waals surface area contributed by atoms with E-state index in [2.05, 4.69) is 6.92 Å². The van der Waals surface area contributed by atoms with E-state index in [9.17, 15) is 8.42 Å². The largest absolute Gasteiger partial charge is 0.267 e. The van der Waals surface area contributed by atoms with E-state index in [1.165, 1.54) is 6.42 Å². The molecule has 0 aromatic carbocycles. The molecule has 1 fully saturated rings. The van der Waals surface area contributed by atoms with E-state index in [0.717, 1.165) is 31.9 Å². The monoisotopic (exact) mass is 206 g/mol. The normalized spacial score (nSPS) is 30.3. The zero-order chi connectivity index (χ0) is 9.90. The molecule has 0 radical (unpaired) electrons. The molecule has 4 heteroatoms. The van der Waals surface area contributed by atoms with E-state index < -0.39 is 10.1 Å². The summed E-state index contributed by atoms with van der Waals surface area (Å²) >= 11 is 0. The lowest BCUT2D eigenvalue weighted by Crippen LogP contribution is -2.29. The molecule has 0 N–H and O–H groups in total. The Morgan fingerprint density at radius 1 is 1.31 bits per heavy atom. The second-order valence-electron chi connectivity index (χ2n) is 3.79. The Bertz CT molecular complexity index is 246. The zero-order valence-electron chi connectivity index (χ0n) is 8.32. The highest BCUT2D eigenvalue weighted by atomic mass is 32.2. The summed E-state index contributed by atoms with van der Waals surface area (Å²) in [5.74, 6) is 0.434. The number of hydrogen-bond acceptors (Lipinski definition) is 3. The first kappa shape index (κ1) is 11.0. The molecule has 13 heavy (non-hydrogen) atoms. The molecule has 0 saturated heterocycles. The molecule has 0 spiro atoms. The average molecular weight is 206 g/mol. The molecular formula is C9H18O3S. The molecule has 2 unspecified atom stereocenters. The third-order valence-corrected chi connectivity index (χ3v) is 3.26. The van der Waals surface area contributed by atoms with Gasteiger partial charge in [-0.1, -0.05) is 26.2 Å². The molecule has 2 atom stereocenters. The zero-order valence-corrected chi connectivity index (χ0v) is 9.14. The summed E-state index contributed by atoms with van der Waals surface area (Å²) in [6.07, 6.45) is 6.39. The first-order valence-corrected chi connectivity index (χ1v) is 6.73. The van der Waals surface area contributed by atoms with Gasteiger partial charge in [0.25, 0.3) is 10.1 Å². The summed E-state index contributed by atoms with van der Waals surface area (Å²) < 4.78 is 26.9. The molecule has 0 bridgehead atoms. The first-order chi connectivity index (χ1) is 6.03. The molecular weight excluding hydrogens is 188 g/mol. The van der Waals surface area contributed by atoms with E-state index in [4.69, 9.17) is 4.18 Å². The summed E-state index contributed by atoms with van der Waals surface area (Å²) in [6, 6.07) is 0. The highest BCUT2D eigenvalue weighted by molar-refractivity contribution is 7.86. The van der Waals surface area contributed by atoms with Gasteiger partial charge in [-0.05, 0) is 18.8 Å². The van der Waals surface area contributed by atoms with Gasteiger partial charge in [0.1, 0.15) is 0 Å². The average Bonchev–Trinajstić information content (AvgIpc) is 2.02. The number of rotatable bonds is 3. The fourth-order valence-corrected chi connectivity index (χ4v) is 2.69. The van der Waals surface area contributed by atoms with Crippen molar-refractivity contribution < 1.29 is 12.6 Å². The van der Waals surface area contributed by atoms with Crippen molar-refractivity contribution in [2.24, 2.45) is 5.92 Å². The molecule has 1 aliphatic rings. The quantitative estimate of drug-likeness (QED) is 0.663. The lowest BCUT2D eigenvalue weighted by molar-refractivity contribution is 0.0977. The van der Waals surface area contributed by atoms with Crippen molar-refractivity contribution in [2.75, 3.05) is 6.26 Å². The van der Waals surface area contributed by atoms with Crippen LogP contribution in [0.15, 0.2) is 0 Å². The molecule has 1 saturated carbocycles. The summed E-state index contributed by atoms with van der Waals surface area (Å²) in [4.78, 5) is 0. The Hall–Kier alpha value is -0.0900. The molecule has 3 nitrogen and oxygen atoms in total. The van der Waals surface area contributed by atoms with E-state index in [1.807, 2.05) is 0 Å². The Balaban J connectivity index is 2.55. The second-order valence-corrected chi connectivity index (χ2v) is 5.39. The maximum atomic E-state index is 10.9. The lowest BCUT2D eigenvalue weighted by atomic mass is 9.85. The summed E-state index contributed by atoms with van der Waals surface area (Å²) in [5, 5.41) is 0. The van der Waals surface area contributed by atoms with Crippen LogP contribution >= 0.6 is 0 Å². The molecule has 0 amide bonds. The summed E-state index contributed by atoms with van der Waals surface area (Å²) in [6.45, 7) is 2.09. The van der Waals surface area contributed by atoms with Gasteiger partial charge in [0.2, 0.25) is 0 Å². The van der Waals surface area contributed by atoms with Gasteiger partial charge in [-0.3, -0.25) is 4.18 Å². The van der Waals surface area contributed by atoms with Gasteiger partial charge in [-0.2, -0.15) is 8.42 Å². The predicted octanol–water partition coefficient (Wildman–Crippen LogP) is 1.93. The molecule has 1 aliphatic carbocycles. The van der Waals surface area contributed by atoms with E-state index in [0.29, 0.717) is 5.92 Å². The second kappa shape index (κ2) is 4.42. The van der Waals surface area contributed by atoms with Gasteiger partial charge < -0.3 is 0 Å². The van der Waals surface area contributed by atoms with E-state index >= 15 is 0 Å². The molecule has 1 rings (SSSR count). The van der Waals surface area contributed by atoms with Gasteiger partial charge in [0.15, 0.2) is 0 Å². The topological polar surface area (TPSA) is 43.4 Å². The van der Waals surface area contributed by atoms with Gasteiger partial charge in [0, 0.05) is 0 Å². The van der Waals surface area contributed by atoms with Gasteiger partial charge in [0.05, 0.1) is 12.4 Å². The standard InChI is InChI=1S/C9H18O3S/c1-3-8-6-4-5-7-9(8)12-13(2,10)11/h8-9H,3-7H2,1-2H3. The Kier molecular flexibility index (Phi) is 3.74. The van der Waals surface area contributed by atoms with Crippen molar-refractivity contribution in [1.29, 1.82) is 0 Å². The maximum Gasteiger partial charge on any atom is 0.264 e. The van der Waals surface area contributed by atoms with Crippen LogP contribution in [-0.2, 0) is 14.3 Å². The van der Waals surface area contributed by atoms with Crippen LogP contribution in [0.2, 0.25) is 0 Å². The summed E-state index contributed by atoms with van der Waals surface area (Å²) in [5.41, 5.74) is 0. The molecule has 0 aromatic rings.